The lowest BCUT2D eigenvalue weighted by molar-refractivity contribution is -0.116. The van der Waals surface area contributed by atoms with E-state index in [4.69, 9.17) is 9.84 Å². The minimum atomic E-state index is -1.01. The predicted octanol–water partition coefficient (Wildman–Crippen LogP) is 2.14. The molecule has 0 saturated carbocycles. The third kappa shape index (κ3) is 4.97. The predicted molar refractivity (Wildman–Crippen MR) is 67.8 cm³/mol. The standard InChI is InChI=1S/C13H17NO4/c1-2-18-8-4-7-12(15)14-11-6-3-5-10(9-11)13(16)17/h3,5-6,9H,2,4,7-8H2,1H3,(H,14,15)(H,16,17). The molecule has 0 atom stereocenters. The number of hydrogen-bond acceptors (Lipinski definition) is 3. The average molecular weight is 251 g/mol. The Morgan fingerprint density at radius 1 is 1.39 bits per heavy atom. The first-order valence-electron chi connectivity index (χ1n) is 5.84. The van der Waals surface area contributed by atoms with E-state index in [2.05, 4.69) is 5.32 Å². The summed E-state index contributed by atoms with van der Waals surface area (Å²) in [5, 5.41) is 11.5. The molecule has 0 unspecified atom stereocenters. The maximum absolute atomic E-state index is 11.5. The van der Waals surface area contributed by atoms with Crippen LogP contribution >= 0.6 is 0 Å². The normalized spacial score (nSPS) is 10.1. The van der Waals surface area contributed by atoms with E-state index in [9.17, 15) is 9.59 Å². The number of carboxylic acids is 1. The second-order valence-electron chi connectivity index (χ2n) is 3.73. The van der Waals surface area contributed by atoms with E-state index >= 15 is 0 Å². The third-order valence-corrected chi connectivity index (χ3v) is 2.29. The van der Waals surface area contributed by atoms with Gasteiger partial charge in [-0.2, -0.15) is 0 Å². The molecule has 0 heterocycles. The lowest BCUT2D eigenvalue weighted by Crippen LogP contribution is -2.12. The van der Waals surface area contributed by atoms with Gasteiger partial charge in [-0.25, -0.2) is 4.79 Å². The van der Waals surface area contributed by atoms with Crippen LogP contribution in [0.1, 0.15) is 30.1 Å². The number of amides is 1. The fourth-order valence-electron chi connectivity index (χ4n) is 1.43. The first-order chi connectivity index (χ1) is 8.63. The summed E-state index contributed by atoms with van der Waals surface area (Å²) in [6.07, 6.45) is 1.01. The smallest absolute Gasteiger partial charge is 0.335 e. The third-order valence-electron chi connectivity index (χ3n) is 2.29. The van der Waals surface area contributed by atoms with Gasteiger partial charge in [0.1, 0.15) is 0 Å². The molecular formula is C13H17NO4. The van der Waals surface area contributed by atoms with E-state index in [1.165, 1.54) is 12.1 Å². The fraction of sp³-hybridized carbons (Fsp3) is 0.385. The first kappa shape index (κ1) is 14.2. The lowest BCUT2D eigenvalue weighted by atomic mass is 10.2. The Morgan fingerprint density at radius 2 is 2.17 bits per heavy atom. The zero-order valence-electron chi connectivity index (χ0n) is 10.3. The Kier molecular flexibility index (Phi) is 5.87. The highest BCUT2D eigenvalue weighted by Crippen LogP contribution is 2.11. The number of carboxylic acid groups (broad SMARTS) is 1. The number of nitrogens with one attached hydrogen (secondary N) is 1. The Balaban J connectivity index is 2.44. The Bertz CT molecular complexity index is 417. The van der Waals surface area contributed by atoms with Crippen molar-refractivity contribution < 1.29 is 19.4 Å². The van der Waals surface area contributed by atoms with Crippen LogP contribution in [0.2, 0.25) is 0 Å². The summed E-state index contributed by atoms with van der Waals surface area (Å²) in [4.78, 5) is 22.3. The number of carbonyl (C=O) groups excluding carboxylic acids is 1. The van der Waals surface area contributed by atoms with Crippen molar-refractivity contribution in [3.8, 4) is 0 Å². The molecule has 1 rings (SSSR count). The van der Waals surface area contributed by atoms with Crippen LogP contribution in [0.3, 0.4) is 0 Å². The van der Waals surface area contributed by atoms with Crippen molar-refractivity contribution in [2.75, 3.05) is 18.5 Å². The van der Waals surface area contributed by atoms with Crippen LogP contribution in [0.5, 0.6) is 0 Å². The van der Waals surface area contributed by atoms with Crippen molar-refractivity contribution in [1.29, 1.82) is 0 Å². The molecule has 0 aliphatic heterocycles. The molecule has 0 spiro atoms. The number of hydrogen-bond donors (Lipinski definition) is 2. The summed E-state index contributed by atoms with van der Waals surface area (Å²) in [6, 6.07) is 6.17. The van der Waals surface area contributed by atoms with Crippen molar-refractivity contribution >= 4 is 17.6 Å². The largest absolute Gasteiger partial charge is 0.478 e. The quantitative estimate of drug-likeness (QED) is 0.728. The number of carbonyl (C=O) groups is 2. The van der Waals surface area contributed by atoms with Crippen molar-refractivity contribution in [2.45, 2.75) is 19.8 Å². The van der Waals surface area contributed by atoms with Gasteiger partial charge in [-0.05, 0) is 31.5 Å². The van der Waals surface area contributed by atoms with Crippen molar-refractivity contribution in [3.63, 3.8) is 0 Å². The van der Waals surface area contributed by atoms with Gasteiger partial charge in [-0.15, -0.1) is 0 Å². The molecule has 0 saturated heterocycles. The Labute approximate surface area is 106 Å². The van der Waals surface area contributed by atoms with Crippen molar-refractivity contribution in [2.24, 2.45) is 0 Å². The molecule has 0 bridgehead atoms. The zero-order chi connectivity index (χ0) is 13.4. The lowest BCUT2D eigenvalue weighted by Gasteiger charge is -2.06. The van der Waals surface area contributed by atoms with E-state index < -0.39 is 5.97 Å². The summed E-state index contributed by atoms with van der Waals surface area (Å²) in [5.41, 5.74) is 0.651. The molecular weight excluding hydrogens is 234 g/mol. The minimum absolute atomic E-state index is 0.141. The molecule has 0 aliphatic rings. The van der Waals surface area contributed by atoms with Gasteiger partial charge < -0.3 is 15.2 Å². The van der Waals surface area contributed by atoms with Crippen molar-refractivity contribution in [1.82, 2.24) is 0 Å². The molecule has 0 radical (unpaired) electrons. The van der Waals surface area contributed by atoms with Crippen molar-refractivity contribution in [3.05, 3.63) is 29.8 Å². The van der Waals surface area contributed by atoms with E-state index in [1.54, 1.807) is 12.1 Å². The van der Waals surface area contributed by atoms with Gasteiger partial charge in [0.05, 0.1) is 5.56 Å². The van der Waals surface area contributed by atoms with Gasteiger partial charge >= 0.3 is 5.97 Å². The van der Waals surface area contributed by atoms with E-state index in [-0.39, 0.29) is 11.5 Å². The second kappa shape index (κ2) is 7.45. The zero-order valence-corrected chi connectivity index (χ0v) is 10.3. The van der Waals surface area contributed by atoms with Crippen LogP contribution in [0, 0.1) is 0 Å². The molecule has 5 heteroatoms. The minimum Gasteiger partial charge on any atom is -0.478 e. The van der Waals surface area contributed by atoms with Gasteiger partial charge in [-0.3, -0.25) is 4.79 Å². The van der Waals surface area contributed by atoms with Gasteiger partial charge in [0.2, 0.25) is 5.91 Å². The Hall–Kier alpha value is -1.88. The summed E-state index contributed by atoms with van der Waals surface area (Å²) in [6.45, 7) is 3.10. The van der Waals surface area contributed by atoms with Crippen LogP contribution in [0.25, 0.3) is 0 Å². The fourth-order valence-corrected chi connectivity index (χ4v) is 1.43. The van der Waals surface area contributed by atoms with Gasteiger partial charge in [0, 0.05) is 25.3 Å². The van der Waals surface area contributed by atoms with Crippen LogP contribution in [0.4, 0.5) is 5.69 Å². The maximum Gasteiger partial charge on any atom is 0.335 e. The Morgan fingerprint density at radius 3 is 2.83 bits per heavy atom. The van der Waals surface area contributed by atoms with Crippen LogP contribution in [0.15, 0.2) is 24.3 Å². The summed E-state index contributed by atoms with van der Waals surface area (Å²) >= 11 is 0. The van der Waals surface area contributed by atoms with E-state index in [0.717, 1.165) is 0 Å². The number of aromatic carboxylic acids is 1. The monoisotopic (exact) mass is 251 g/mol. The molecule has 1 amide bonds. The topological polar surface area (TPSA) is 75.6 Å². The molecule has 18 heavy (non-hydrogen) atoms. The molecule has 5 nitrogen and oxygen atoms in total. The van der Waals surface area contributed by atoms with E-state index in [1.807, 2.05) is 6.92 Å². The second-order valence-corrected chi connectivity index (χ2v) is 3.73. The number of rotatable bonds is 7. The maximum atomic E-state index is 11.5. The molecule has 0 aromatic heterocycles. The van der Waals surface area contributed by atoms with Crippen LogP contribution in [-0.2, 0) is 9.53 Å². The summed E-state index contributed by atoms with van der Waals surface area (Å²) in [5.74, 6) is -1.15. The molecule has 0 aliphatic carbocycles. The average Bonchev–Trinajstić information content (AvgIpc) is 2.35. The first-order valence-corrected chi connectivity index (χ1v) is 5.84. The number of benzene rings is 1. The van der Waals surface area contributed by atoms with Gasteiger partial charge in [-0.1, -0.05) is 6.07 Å². The van der Waals surface area contributed by atoms with Gasteiger partial charge in [0.15, 0.2) is 0 Å². The van der Waals surface area contributed by atoms with E-state index in [0.29, 0.717) is 31.7 Å². The van der Waals surface area contributed by atoms with Crippen LogP contribution in [-0.4, -0.2) is 30.2 Å². The molecule has 1 aromatic rings. The molecule has 98 valence electrons. The number of anilines is 1. The molecule has 1 aromatic carbocycles. The van der Waals surface area contributed by atoms with Gasteiger partial charge in [0.25, 0.3) is 0 Å². The highest BCUT2D eigenvalue weighted by molar-refractivity contribution is 5.93. The molecule has 0 fully saturated rings. The molecule has 2 N–H and O–H groups in total. The summed E-state index contributed by atoms with van der Waals surface area (Å²) in [7, 11) is 0. The highest BCUT2D eigenvalue weighted by Gasteiger charge is 2.06. The summed E-state index contributed by atoms with van der Waals surface area (Å²) < 4.78 is 5.13. The van der Waals surface area contributed by atoms with Crippen LogP contribution < -0.4 is 5.32 Å². The number of ether oxygens (including phenoxy) is 1. The SMILES string of the molecule is CCOCCCC(=O)Nc1cccc(C(=O)O)c1. The highest BCUT2D eigenvalue weighted by atomic mass is 16.5.